The van der Waals surface area contributed by atoms with Crippen LogP contribution in [0, 0.1) is 18.3 Å². The number of benzene rings is 1. The number of rotatable bonds is 2. The summed E-state index contributed by atoms with van der Waals surface area (Å²) in [5, 5.41) is 9.12. The number of halogens is 1. The summed E-state index contributed by atoms with van der Waals surface area (Å²) in [5.74, 6) is 0. The second kappa shape index (κ2) is 4.32. The van der Waals surface area contributed by atoms with Crippen molar-refractivity contribution >= 4 is 17.3 Å². The lowest BCUT2D eigenvalue weighted by molar-refractivity contribution is 0.750. The van der Waals surface area contributed by atoms with Crippen LogP contribution >= 0.6 is 11.6 Å². The SMILES string of the molecule is Cc1cc(Cl)cc(C(N)CC#N)c1N. The van der Waals surface area contributed by atoms with Crippen molar-refractivity contribution in [2.75, 3.05) is 5.73 Å². The van der Waals surface area contributed by atoms with Crippen LogP contribution in [0.4, 0.5) is 5.69 Å². The van der Waals surface area contributed by atoms with E-state index in [1.807, 2.05) is 13.0 Å². The smallest absolute Gasteiger partial charge is 0.0641 e. The Kier molecular flexibility index (Phi) is 3.34. The zero-order valence-electron chi connectivity index (χ0n) is 7.92. The van der Waals surface area contributed by atoms with Gasteiger partial charge in [0.05, 0.1) is 12.5 Å². The molecule has 0 radical (unpaired) electrons. The first-order valence-corrected chi connectivity index (χ1v) is 4.62. The van der Waals surface area contributed by atoms with Gasteiger partial charge in [0.2, 0.25) is 0 Å². The van der Waals surface area contributed by atoms with E-state index in [0.29, 0.717) is 10.7 Å². The summed E-state index contributed by atoms with van der Waals surface area (Å²) in [6, 6.07) is 5.14. The van der Waals surface area contributed by atoms with Gasteiger partial charge in [0.15, 0.2) is 0 Å². The van der Waals surface area contributed by atoms with Crippen molar-refractivity contribution in [1.82, 2.24) is 0 Å². The molecule has 3 nitrogen and oxygen atoms in total. The Morgan fingerprint density at radius 2 is 2.21 bits per heavy atom. The van der Waals surface area contributed by atoms with Crippen LogP contribution in [0.2, 0.25) is 5.02 Å². The molecule has 1 rings (SSSR count). The molecule has 0 heterocycles. The van der Waals surface area contributed by atoms with Gasteiger partial charge in [-0.3, -0.25) is 0 Å². The van der Waals surface area contributed by atoms with Crippen LogP contribution in [-0.2, 0) is 0 Å². The molecule has 0 aliphatic heterocycles. The number of anilines is 1. The van der Waals surface area contributed by atoms with Gasteiger partial charge >= 0.3 is 0 Å². The van der Waals surface area contributed by atoms with Crippen molar-refractivity contribution in [2.24, 2.45) is 5.73 Å². The Hall–Kier alpha value is -1.24. The van der Waals surface area contributed by atoms with Gasteiger partial charge < -0.3 is 11.5 Å². The fourth-order valence-electron chi connectivity index (χ4n) is 1.30. The number of aryl methyl sites for hydroxylation is 1. The van der Waals surface area contributed by atoms with Crippen molar-refractivity contribution in [2.45, 2.75) is 19.4 Å². The molecule has 0 amide bonds. The van der Waals surface area contributed by atoms with Crippen molar-refractivity contribution in [3.63, 3.8) is 0 Å². The molecule has 0 bridgehead atoms. The second-order valence-corrected chi connectivity index (χ2v) is 3.63. The maximum Gasteiger partial charge on any atom is 0.0641 e. The molecule has 74 valence electrons. The van der Waals surface area contributed by atoms with Crippen LogP contribution in [-0.4, -0.2) is 0 Å². The third-order valence-corrected chi connectivity index (χ3v) is 2.31. The average molecular weight is 210 g/mol. The standard InChI is InChI=1S/C10H12ClN3/c1-6-4-7(11)5-8(10(6)14)9(13)2-3-12/h4-5,9H,2,13-14H2,1H3. The molecule has 4 heteroatoms. The number of hydrogen-bond donors (Lipinski definition) is 2. The van der Waals surface area contributed by atoms with Crippen molar-refractivity contribution in [1.29, 1.82) is 5.26 Å². The Labute approximate surface area is 88.3 Å². The van der Waals surface area contributed by atoms with Gasteiger partial charge in [-0.25, -0.2) is 0 Å². The molecule has 0 spiro atoms. The van der Waals surface area contributed by atoms with E-state index in [9.17, 15) is 0 Å². The van der Waals surface area contributed by atoms with Crippen LogP contribution < -0.4 is 11.5 Å². The van der Waals surface area contributed by atoms with Crippen LogP contribution in [0.5, 0.6) is 0 Å². The molecule has 1 unspecified atom stereocenters. The van der Waals surface area contributed by atoms with E-state index >= 15 is 0 Å². The first kappa shape index (κ1) is 10.8. The van der Waals surface area contributed by atoms with Crippen LogP contribution in [0.1, 0.15) is 23.6 Å². The lowest BCUT2D eigenvalue weighted by atomic mass is 10.0. The lowest BCUT2D eigenvalue weighted by Crippen LogP contribution is -2.12. The fourth-order valence-corrected chi connectivity index (χ4v) is 1.58. The number of hydrogen-bond acceptors (Lipinski definition) is 3. The zero-order valence-corrected chi connectivity index (χ0v) is 8.67. The van der Waals surface area contributed by atoms with Gasteiger partial charge in [-0.2, -0.15) is 5.26 Å². The highest BCUT2D eigenvalue weighted by Gasteiger charge is 2.11. The monoisotopic (exact) mass is 209 g/mol. The normalized spacial score (nSPS) is 12.1. The molecule has 0 saturated heterocycles. The van der Waals surface area contributed by atoms with E-state index < -0.39 is 0 Å². The summed E-state index contributed by atoms with van der Waals surface area (Å²) in [4.78, 5) is 0. The maximum atomic E-state index is 8.52. The van der Waals surface area contributed by atoms with E-state index in [-0.39, 0.29) is 12.5 Å². The minimum Gasteiger partial charge on any atom is -0.398 e. The van der Waals surface area contributed by atoms with Gasteiger partial charge in [-0.15, -0.1) is 0 Å². The summed E-state index contributed by atoms with van der Waals surface area (Å²) >= 11 is 5.87. The highest BCUT2D eigenvalue weighted by molar-refractivity contribution is 6.30. The van der Waals surface area contributed by atoms with Crippen LogP contribution in [0.25, 0.3) is 0 Å². The number of nitrogens with zero attached hydrogens (tertiary/aromatic N) is 1. The zero-order chi connectivity index (χ0) is 10.7. The highest BCUT2D eigenvalue weighted by Crippen LogP contribution is 2.27. The van der Waals surface area contributed by atoms with Gasteiger partial charge in [-0.05, 0) is 30.2 Å². The molecule has 0 aromatic heterocycles. The van der Waals surface area contributed by atoms with E-state index in [0.717, 1.165) is 11.1 Å². The largest absolute Gasteiger partial charge is 0.398 e. The highest BCUT2D eigenvalue weighted by atomic mass is 35.5. The summed E-state index contributed by atoms with van der Waals surface area (Å²) in [6.45, 7) is 1.86. The fraction of sp³-hybridized carbons (Fsp3) is 0.300. The van der Waals surface area contributed by atoms with Gasteiger partial charge in [0, 0.05) is 16.8 Å². The van der Waals surface area contributed by atoms with E-state index in [4.69, 9.17) is 28.3 Å². The van der Waals surface area contributed by atoms with Gasteiger partial charge in [0.1, 0.15) is 0 Å². The summed E-state index contributed by atoms with van der Waals surface area (Å²) in [5.41, 5.74) is 13.9. The summed E-state index contributed by atoms with van der Waals surface area (Å²) in [6.07, 6.45) is 0.240. The molecule has 0 saturated carbocycles. The number of nitriles is 1. The van der Waals surface area contributed by atoms with Crippen molar-refractivity contribution in [3.05, 3.63) is 28.3 Å². The van der Waals surface area contributed by atoms with Crippen molar-refractivity contribution < 1.29 is 0 Å². The molecule has 14 heavy (non-hydrogen) atoms. The second-order valence-electron chi connectivity index (χ2n) is 3.19. The lowest BCUT2D eigenvalue weighted by Gasteiger charge is -2.13. The average Bonchev–Trinajstić information content (AvgIpc) is 2.11. The third-order valence-electron chi connectivity index (χ3n) is 2.09. The minimum atomic E-state index is -0.364. The van der Waals surface area contributed by atoms with E-state index in [2.05, 4.69) is 0 Å². The molecule has 1 aromatic carbocycles. The topological polar surface area (TPSA) is 75.8 Å². The molecular formula is C10H12ClN3. The van der Waals surface area contributed by atoms with E-state index in [1.165, 1.54) is 0 Å². The molecule has 0 fully saturated rings. The quantitative estimate of drug-likeness (QED) is 0.733. The van der Waals surface area contributed by atoms with Crippen molar-refractivity contribution in [3.8, 4) is 6.07 Å². The number of nitrogens with two attached hydrogens (primary N) is 2. The predicted octanol–water partition coefficient (Wildman–Crippen LogP) is 2.14. The Morgan fingerprint density at radius 3 is 2.79 bits per heavy atom. The molecule has 0 aliphatic carbocycles. The first-order valence-electron chi connectivity index (χ1n) is 4.24. The number of nitrogen functional groups attached to an aromatic ring is 1. The van der Waals surface area contributed by atoms with Crippen LogP contribution in [0.15, 0.2) is 12.1 Å². The minimum absolute atomic E-state index is 0.240. The van der Waals surface area contributed by atoms with E-state index in [1.54, 1.807) is 12.1 Å². The third kappa shape index (κ3) is 2.16. The predicted molar refractivity (Wildman–Crippen MR) is 57.8 cm³/mol. The molecule has 1 atom stereocenters. The first-order chi connectivity index (χ1) is 6.56. The van der Waals surface area contributed by atoms with Gasteiger partial charge in [-0.1, -0.05) is 11.6 Å². The molecular weight excluding hydrogens is 198 g/mol. The Bertz CT molecular complexity index is 382. The Morgan fingerprint density at radius 1 is 1.57 bits per heavy atom. The summed E-state index contributed by atoms with van der Waals surface area (Å²) in [7, 11) is 0. The summed E-state index contributed by atoms with van der Waals surface area (Å²) < 4.78 is 0. The molecule has 1 aromatic rings. The molecule has 0 aliphatic rings. The van der Waals surface area contributed by atoms with Gasteiger partial charge in [0.25, 0.3) is 0 Å². The maximum absolute atomic E-state index is 8.52. The van der Waals surface area contributed by atoms with Crippen LogP contribution in [0.3, 0.4) is 0 Å². The Balaban J connectivity index is 3.14. The molecule has 4 N–H and O–H groups in total.